The van der Waals surface area contributed by atoms with Crippen LogP contribution in [0, 0.1) is 0 Å². The lowest BCUT2D eigenvalue weighted by Crippen LogP contribution is -1.90. The molecule has 0 amide bonds. The third kappa shape index (κ3) is 5.14. The molecule has 2 rings (SSSR count). The molecule has 0 radical (unpaired) electrons. The molecular formula is C17H16OS. The Hall–Kier alpha value is -1.80. The molecule has 19 heavy (non-hydrogen) atoms. The van der Waals surface area contributed by atoms with E-state index >= 15 is 0 Å². The molecule has 2 heteroatoms. The minimum Gasteiger partial charge on any atom is -0.287 e. The molecule has 0 aromatic heterocycles. The van der Waals surface area contributed by atoms with Crippen molar-refractivity contribution in [2.24, 2.45) is 0 Å². The summed E-state index contributed by atoms with van der Waals surface area (Å²) >= 11 is 1.37. The minimum absolute atomic E-state index is 0.205. The van der Waals surface area contributed by atoms with Crippen molar-refractivity contribution >= 4 is 23.0 Å². The Balaban J connectivity index is 1.75. The molecule has 96 valence electrons. The van der Waals surface area contributed by atoms with Gasteiger partial charge in [0.2, 0.25) is 0 Å². The molecule has 0 spiro atoms. The average molecular weight is 268 g/mol. The fourth-order valence-corrected chi connectivity index (χ4v) is 2.39. The first-order chi connectivity index (χ1) is 9.34. The summed E-state index contributed by atoms with van der Waals surface area (Å²) < 4.78 is 0. The maximum atomic E-state index is 11.7. The number of hydrogen-bond donors (Lipinski definition) is 0. The van der Waals surface area contributed by atoms with Crippen LogP contribution in [0.2, 0.25) is 0 Å². The van der Waals surface area contributed by atoms with Crippen molar-refractivity contribution < 1.29 is 4.79 Å². The number of allylic oxidation sites excluding steroid dienone is 1. The van der Waals surface area contributed by atoms with Crippen LogP contribution in [0.5, 0.6) is 0 Å². The molecule has 0 atom stereocenters. The summed E-state index contributed by atoms with van der Waals surface area (Å²) in [5, 5.41) is 0.205. The number of rotatable bonds is 5. The zero-order chi connectivity index (χ0) is 13.3. The number of carbonyl (C=O) groups excluding carboxylic acids is 1. The molecule has 0 bridgehead atoms. The Morgan fingerprint density at radius 1 is 0.947 bits per heavy atom. The van der Waals surface area contributed by atoms with E-state index in [4.69, 9.17) is 0 Å². The zero-order valence-electron chi connectivity index (χ0n) is 10.7. The van der Waals surface area contributed by atoms with Crippen LogP contribution in [-0.4, -0.2) is 5.12 Å². The van der Waals surface area contributed by atoms with Gasteiger partial charge >= 0.3 is 0 Å². The second-order valence-corrected chi connectivity index (χ2v) is 5.20. The van der Waals surface area contributed by atoms with Gasteiger partial charge < -0.3 is 0 Å². The summed E-state index contributed by atoms with van der Waals surface area (Å²) in [6, 6.07) is 20.1. The van der Waals surface area contributed by atoms with E-state index in [0.29, 0.717) is 6.42 Å². The van der Waals surface area contributed by atoms with Gasteiger partial charge in [-0.3, -0.25) is 4.79 Å². The maximum absolute atomic E-state index is 11.7. The van der Waals surface area contributed by atoms with E-state index in [2.05, 4.69) is 0 Å². The molecule has 0 aliphatic heterocycles. The molecule has 0 saturated carbocycles. The van der Waals surface area contributed by atoms with E-state index in [1.165, 1.54) is 17.3 Å². The molecule has 0 N–H and O–H groups in total. The van der Waals surface area contributed by atoms with E-state index in [1.807, 2.05) is 72.8 Å². The van der Waals surface area contributed by atoms with E-state index in [-0.39, 0.29) is 5.12 Å². The second kappa shape index (κ2) is 7.59. The summed E-state index contributed by atoms with van der Waals surface area (Å²) in [7, 11) is 0. The quantitative estimate of drug-likeness (QED) is 0.791. The number of thioether (sulfide) groups is 1. The molecule has 0 unspecified atom stereocenters. The lowest BCUT2D eigenvalue weighted by Gasteiger charge is -1.98. The van der Waals surface area contributed by atoms with Gasteiger partial charge in [0.1, 0.15) is 0 Å². The topological polar surface area (TPSA) is 17.1 Å². The average Bonchev–Trinajstić information content (AvgIpc) is 2.47. The Labute approximate surface area is 118 Å². The van der Waals surface area contributed by atoms with Crippen LogP contribution in [0.3, 0.4) is 0 Å². The standard InChI is InChI=1S/C17H16OS/c18-17(19-14-16-10-5-2-6-11-16)13-7-12-15-8-3-1-4-9-15/h1-12H,13-14H2/b12-7+. The van der Waals surface area contributed by atoms with Crippen LogP contribution in [0.25, 0.3) is 6.08 Å². The molecule has 1 nitrogen and oxygen atoms in total. The monoisotopic (exact) mass is 268 g/mol. The summed E-state index contributed by atoms with van der Waals surface area (Å²) in [5.41, 5.74) is 2.32. The van der Waals surface area contributed by atoms with Crippen LogP contribution in [0.1, 0.15) is 17.5 Å². The Bertz CT molecular complexity index is 532. The number of hydrogen-bond acceptors (Lipinski definition) is 2. The number of carbonyl (C=O) groups is 1. The maximum Gasteiger partial charge on any atom is 0.193 e. The van der Waals surface area contributed by atoms with Crippen LogP contribution in [0.15, 0.2) is 66.7 Å². The third-order valence-electron chi connectivity index (χ3n) is 2.64. The highest BCUT2D eigenvalue weighted by molar-refractivity contribution is 8.12. The van der Waals surface area contributed by atoms with Gasteiger partial charge in [-0.05, 0) is 11.1 Å². The molecule has 0 fully saturated rings. The van der Waals surface area contributed by atoms with Gasteiger partial charge in [-0.1, -0.05) is 84.6 Å². The molecule has 0 aliphatic carbocycles. The lowest BCUT2D eigenvalue weighted by molar-refractivity contribution is -0.110. The predicted molar refractivity (Wildman–Crippen MR) is 82.8 cm³/mol. The van der Waals surface area contributed by atoms with Crippen LogP contribution in [0.4, 0.5) is 0 Å². The number of benzene rings is 2. The molecule has 2 aromatic carbocycles. The summed E-state index contributed by atoms with van der Waals surface area (Å²) in [4.78, 5) is 11.7. The van der Waals surface area contributed by atoms with Gasteiger partial charge in [0.05, 0.1) is 0 Å². The second-order valence-electron chi connectivity index (χ2n) is 4.16. The normalized spacial score (nSPS) is 10.7. The predicted octanol–water partition coefficient (Wildman–Crippen LogP) is 4.55. The first-order valence-corrected chi connectivity index (χ1v) is 7.24. The van der Waals surface area contributed by atoms with E-state index in [9.17, 15) is 4.79 Å². The van der Waals surface area contributed by atoms with Crippen LogP contribution >= 0.6 is 11.8 Å². The fourth-order valence-electron chi connectivity index (χ4n) is 1.65. The zero-order valence-corrected chi connectivity index (χ0v) is 11.5. The summed E-state index contributed by atoms with van der Waals surface area (Å²) in [6.07, 6.45) is 4.39. The Morgan fingerprint density at radius 2 is 1.58 bits per heavy atom. The van der Waals surface area contributed by atoms with E-state index < -0.39 is 0 Å². The lowest BCUT2D eigenvalue weighted by atomic mass is 10.2. The highest BCUT2D eigenvalue weighted by Gasteiger charge is 2.00. The van der Waals surface area contributed by atoms with Gasteiger partial charge in [-0.15, -0.1) is 0 Å². The highest BCUT2D eigenvalue weighted by atomic mass is 32.2. The fraction of sp³-hybridized carbons (Fsp3) is 0.118. The van der Waals surface area contributed by atoms with Gasteiger partial charge in [0.15, 0.2) is 5.12 Å². The van der Waals surface area contributed by atoms with Crippen LogP contribution in [-0.2, 0) is 10.5 Å². The molecule has 2 aromatic rings. The van der Waals surface area contributed by atoms with E-state index in [0.717, 1.165) is 11.3 Å². The molecule has 0 aliphatic rings. The van der Waals surface area contributed by atoms with Gasteiger partial charge in [-0.25, -0.2) is 0 Å². The minimum atomic E-state index is 0.205. The van der Waals surface area contributed by atoms with Crippen molar-refractivity contribution in [2.45, 2.75) is 12.2 Å². The van der Waals surface area contributed by atoms with Crippen molar-refractivity contribution in [1.82, 2.24) is 0 Å². The van der Waals surface area contributed by atoms with Crippen molar-refractivity contribution in [2.75, 3.05) is 0 Å². The SMILES string of the molecule is O=C(C/C=C/c1ccccc1)SCc1ccccc1. The van der Waals surface area contributed by atoms with Crippen molar-refractivity contribution in [3.8, 4) is 0 Å². The van der Waals surface area contributed by atoms with Gasteiger partial charge in [-0.2, -0.15) is 0 Å². The molecule has 0 saturated heterocycles. The van der Waals surface area contributed by atoms with Crippen LogP contribution < -0.4 is 0 Å². The summed E-state index contributed by atoms with van der Waals surface area (Å²) in [6.45, 7) is 0. The Kier molecular flexibility index (Phi) is 5.45. The van der Waals surface area contributed by atoms with Gasteiger partial charge in [0, 0.05) is 12.2 Å². The largest absolute Gasteiger partial charge is 0.287 e. The van der Waals surface area contributed by atoms with Crippen molar-refractivity contribution in [1.29, 1.82) is 0 Å². The first kappa shape index (κ1) is 13.6. The smallest absolute Gasteiger partial charge is 0.193 e. The summed E-state index contributed by atoms with van der Waals surface area (Å²) in [5.74, 6) is 0.749. The van der Waals surface area contributed by atoms with Gasteiger partial charge in [0.25, 0.3) is 0 Å². The molecular weight excluding hydrogens is 252 g/mol. The van der Waals surface area contributed by atoms with Crippen molar-refractivity contribution in [3.63, 3.8) is 0 Å². The van der Waals surface area contributed by atoms with E-state index in [1.54, 1.807) is 0 Å². The Morgan fingerprint density at radius 3 is 2.26 bits per heavy atom. The third-order valence-corrected chi connectivity index (χ3v) is 3.60. The first-order valence-electron chi connectivity index (χ1n) is 6.26. The molecule has 0 heterocycles. The van der Waals surface area contributed by atoms with Crippen molar-refractivity contribution in [3.05, 3.63) is 77.9 Å². The highest BCUT2D eigenvalue weighted by Crippen LogP contribution is 2.15.